The van der Waals surface area contributed by atoms with Crippen LogP contribution in [0.4, 0.5) is 17.1 Å². The molecule has 3 aromatic rings. The molecule has 0 saturated carbocycles. The number of anilines is 3. The molecule has 2 amide bonds. The van der Waals surface area contributed by atoms with Crippen molar-refractivity contribution in [2.24, 2.45) is 0 Å². The summed E-state index contributed by atoms with van der Waals surface area (Å²) >= 11 is 0. The number of rotatable bonds is 7. The van der Waals surface area contributed by atoms with Gasteiger partial charge >= 0.3 is 0 Å². The molecule has 0 spiro atoms. The van der Waals surface area contributed by atoms with Gasteiger partial charge in [0.15, 0.2) is 0 Å². The average molecular weight is 402 g/mol. The first-order valence-corrected chi connectivity index (χ1v) is 10.1. The number of carbonyl (C=O) groups excluding carboxylic acids is 2. The summed E-state index contributed by atoms with van der Waals surface area (Å²) in [6.07, 6.45) is 0. The van der Waals surface area contributed by atoms with E-state index in [1.54, 1.807) is 24.3 Å². The van der Waals surface area contributed by atoms with Crippen molar-refractivity contribution < 1.29 is 9.59 Å². The number of hydrogen-bond acceptors (Lipinski definition) is 3. The molecule has 0 fully saturated rings. The maximum Gasteiger partial charge on any atom is 0.255 e. The highest BCUT2D eigenvalue weighted by atomic mass is 16.2. The Balaban J connectivity index is 1.74. The molecule has 0 aliphatic carbocycles. The number of amides is 2. The van der Waals surface area contributed by atoms with Gasteiger partial charge in [0.25, 0.3) is 11.8 Å². The van der Waals surface area contributed by atoms with Gasteiger partial charge in [-0.15, -0.1) is 0 Å². The molecule has 2 N–H and O–H groups in total. The van der Waals surface area contributed by atoms with Crippen LogP contribution in [0.2, 0.25) is 0 Å². The zero-order valence-electron chi connectivity index (χ0n) is 17.6. The van der Waals surface area contributed by atoms with Crippen LogP contribution in [0.3, 0.4) is 0 Å². The second-order valence-corrected chi connectivity index (χ2v) is 7.25. The highest BCUT2D eigenvalue weighted by Gasteiger charge is 2.13. The zero-order valence-corrected chi connectivity index (χ0v) is 17.6. The van der Waals surface area contributed by atoms with Gasteiger partial charge in [-0.05, 0) is 69.3 Å². The molecule has 0 heterocycles. The molecule has 0 unspecified atom stereocenters. The maximum absolute atomic E-state index is 12.8. The molecule has 0 bridgehead atoms. The molecule has 5 nitrogen and oxygen atoms in total. The van der Waals surface area contributed by atoms with Crippen LogP contribution in [0.1, 0.15) is 41.5 Å². The van der Waals surface area contributed by atoms with Crippen LogP contribution >= 0.6 is 0 Å². The van der Waals surface area contributed by atoms with Gasteiger partial charge < -0.3 is 15.5 Å². The summed E-state index contributed by atoms with van der Waals surface area (Å²) < 4.78 is 0. The quantitative estimate of drug-likeness (QED) is 0.555. The number of nitrogens with zero attached hydrogens (tertiary/aromatic N) is 1. The summed E-state index contributed by atoms with van der Waals surface area (Å²) in [4.78, 5) is 27.5. The molecule has 0 aromatic heterocycles. The van der Waals surface area contributed by atoms with Crippen molar-refractivity contribution >= 4 is 28.9 Å². The lowest BCUT2D eigenvalue weighted by atomic mass is 10.1. The monoisotopic (exact) mass is 401 g/mol. The van der Waals surface area contributed by atoms with Crippen LogP contribution in [-0.4, -0.2) is 24.4 Å². The van der Waals surface area contributed by atoms with E-state index in [0.717, 1.165) is 12.2 Å². The van der Waals surface area contributed by atoms with E-state index < -0.39 is 0 Å². The van der Waals surface area contributed by atoms with E-state index in [1.165, 1.54) is 0 Å². The molecule has 3 aromatic carbocycles. The summed E-state index contributed by atoms with van der Waals surface area (Å²) in [5, 5.41) is 5.77. The van der Waals surface area contributed by atoms with Gasteiger partial charge in [0.2, 0.25) is 0 Å². The van der Waals surface area contributed by atoms with Gasteiger partial charge in [-0.1, -0.05) is 30.3 Å². The topological polar surface area (TPSA) is 61.4 Å². The summed E-state index contributed by atoms with van der Waals surface area (Å²) in [6, 6.07) is 24.1. The van der Waals surface area contributed by atoms with Gasteiger partial charge in [0.05, 0.1) is 11.4 Å². The normalized spacial score (nSPS) is 10.5. The first-order valence-electron chi connectivity index (χ1n) is 10.1. The minimum atomic E-state index is -0.227. The van der Waals surface area contributed by atoms with Crippen molar-refractivity contribution in [1.82, 2.24) is 0 Å². The molecule has 0 radical (unpaired) electrons. The molecule has 0 atom stereocenters. The Morgan fingerprint density at radius 3 is 1.67 bits per heavy atom. The van der Waals surface area contributed by atoms with Gasteiger partial charge in [-0.25, -0.2) is 0 Å². The minimum absolute atomic E-state index is 0.226. The van der Waals surface area contributed by atoms with Crippen molar-refractivity contribution in [3.8, 4) is 0 Å². The molecular formula is C25H27N3O2. The zero-order chi connectivity index (χ0) is 21.5. The molecule has 30 heavy (non-hydrogen) atoms. The fourth-order valence-corrected chi connectivity index (χ4v) is 3.33. The first kappa shape index (κ1) is 21.1. The lowest BCUT2D eigenvalue weighted by molar-refractivity contribution is 0.101. The highest BCUT2D eigenvalue weighted by molar-refractivity contribution is 6.10. The molecule has 0 aliphatic heterocycles. The lowest BCUT2D eigenvalue weighted by Gasteiger charge is -2.27. The highest BCUT2D eigenvalue weighted by Crippen LogP contribution is 2.23. The number of para-hydroxylation sites is 2. The standard InChI is InChI=1S/C25H27N3O2/c1-4-28(18(2)3)21-16-14-20(15-17-21)25(30)27-23-13-9-8-12-22(23)26-24(29)19-10-6-5-7-11-19/h5-18H,4H2,1-3H3,(H,26,29)(H,27,30). The van der Waals surface area contributed by atoms with Crippen LogP contribution < -0.4 is 15.5 Å². The molecule has 0 aliphatic rings. The van der Waals surface area contributed by atoms with Crippen LogP contribution in [0.25, 0.3) is 0 Å². The van der Waals surface area contributed by atoms with E-state index in [4.69, 9.17) is 0 Å². The summed E-state index contributed by atoms with van der Waals surface area (Å²) in [6.45, 7) is 7.30. The molecular weight excluding hydrogens is 374 g/mol. The number of benzene rings is 3. The minimum Gasteiger partial charge on any atom is -0.369 e. The van der Waals surface area contributed by atoms with Gasteiger partial charge in [-0.3, -0.25) is 9.59 Å². The maximum atomic E-state index is 12.8. The van der Waals surface area contributed by atoms with Gasteiger partial charge in [-0.2, -0.15) is 0 Å². The Morgan fingerprint density at radius 1 is 0.733 bits per heavy atom. The van der Waals surface area contributed by atoms with Crippen molar-refractivity contribution in [2.45, 2.75) is 26.8 Å². The largest absolute Gasteiger partial charge is 0.369 e. The van der Waals surface area contributed by atoms with Crippen molar-refractivity contribution in [2.75, 3.05) is 22.1 Å². The van der Waals surface area contributed by atoms with Gasteiger partial charge in [0, 0.05) is 29.4 Å². The summed E-state index contributed by atoms with van der Waals surface area (Å²) in [5.74, 6) is -0.453. The van der Waals surface area contributed by atoms with E-state index >= 15 is 0 Å². The third-order valence-corrected chi connectivity index (χ3v) is 4.88. The third-order valence-electron chi connectivity index (χ3n) is 4.88. The predicted octanol–water partition coefficient (Wildman–Crippen LogP) is 5.43. The van der Waals surface area contributed by atoms with Crippen molar-refractivity contribution in [3.05, 3.63) is 90.0 Å². The van der Waals surface area contributed by atoms with Gasteiger partial charge in [0.1, 0.15) is 0 Å². The Bertz CT molecular complexity index is 998. The Kier molecular flexibility index (Phi) is 6.86. The molecule has 154 valence electrons. The van der Waals surface area contributed by atoms with E-state index in [2.05, 4.69) is 36.3 Å². The molecule has 0 saturated heterocycles. The fraction of sp³-hybridized carbons (Fsp3) is 0.200. The predicted molar refractivity (Wildman–Crippen MR) is 123 cm³/mol. The Labute approximate surface area is 177 Å². The van der Waals surface area contributed by atoms with E-state index in [-0.39, 0.29) is 11.8 Å². The number of hydrogen-bond donors (Lipinski definition) is 2. The van der Waals surface area contributed by atoms with E-state index in [9.17, 15) is 9.59 Å². The van der Waals surface area contributed by atoms with Crippen LogP contribution in [0.5, 0.6) is 0 Å². The van der Waals surface area contributed by atoms with E-state index in [0.29, 0.717) is 28.5 Å². The molecule has 5 heteroatoms. The van der Waals surface area contributed by atoms with Crippen LogP contribution in [0.15, 0.2) is 78.9 Å². The smallest absolute Gasteiger partial charge is 0.255 e. The second kappa shape index (κ2) is 9.74. The van der Waals surface area contributed by atoms with Crippen LogP contribution in [-0.2, 0) is 0 Å². The van der Waals surface area contributed by atoms with Crippen molar-refractivity contribution in [1.29, 1.82) is 0 Å². The SMILES string of the molecule is CCN(c1ccc(C(=O)Nc2ccccc2NC(=O)c2ccccc2)cc1)C(C)C. The van der Waals surface area contributed by atoms with Crippen LogP contribution in [0, 0.1) is 0 Å². The summed E-state index contributed by atoms with van der Waals surface area (Å²) in [5.41, 5.74) is 3.30. The summed E-state index contributed by atoms with van der Waals surface area (Å²) in [7, 11) is 0. The lowest BCUT2D eigenvalue weighted by Crippen LogP contribution is -2.30. The Hall–Kier alpha value is -3.60. The second-order valence-electron chi connectivity index (χ2n) is 7.25. The third kappa shape index (κ3) is 5.06. The average Bonchev–Trinajstić information content (AvgIpc) is 2.76. The molecule has 3 rings (SSSR count). The van der Waals surface area contributed by atoms with E-state index in [1.807, 2.05) is 54.6 Å². The number of carbonyl (C=O) groups is 2. The first-order chi connectivity index (χ1) is 14.5. The fourth-order valence-electron chi connectivity index (χ4n) is 3.33. The Morgan fingerprint density at radius 2 is 1.20 bits per heavy atom. The van der Waals surface area contributed by atoms with Crippen molar-refractivity contribution in [3.63, 3.8) is 0 Å². The number of nitrogens with one attached hydrogen (secondary N) is 2.